The van der Waals surface area contributed by atoms with Crippen LogP contribution in [0.1, 0.15) is 82.1 Å². The molecule has 1 aromatic rings. The zero-order valence-electron chi connectivity index (χ0n) is 24.2. The van der Waals surface area contributed by atoms with Gasteiger partial charge in [0.15, 0.2) is 11.5 Å². The third kappa shape index (κ3) is 7.35. The number of rotatable bonds is 5. The fraction of sp³-hybridized carbons (Fsp3) is 0.567. The quantitative estimate of drug-likeness (QED) is 0.402. The molecule has 0 saturated heterocycles. The van der Waals surface area contributed by atoms with Gasteiger partial charge in [0.1, 0.15) is 18.8 Å². The summed E-state index contributed by atoms with van der Waals surface area (Å²) in [5.74, 6) is -1.78. The van der Waals surface area contributed by atoms with Crippen molar-refractivity contribution in [3.63, 3.8) is 0 Å². The van der Waals surface area contributed by atoms with Gasteiger partial charge in [0.05, 0.1) is 31.9 Å². The van der Waals surface area contributed by atoms with Crippen molar-refractivity contribution < 1.29 is 43.5 Å². The molecule has 1 aromatic carbocycles. The predicted octanol–water partition coefficient (Wildman–Crippen LogP) is 4.21. The second-order valence-corrected chi connectivity index (χ2v) is 10.9. The molecule has 0 unspecified atom stereocenters. The first-order chi connectivity index (χ1) is 18.9. The van der Waals surface area contributed by atoms with Crippen LogP contribution in [0.5, 0.6) is 17.2 Å². The van der Waals surface area contributed by atoms with Gasteiger partial charge in [0.2, 0.25) is 5.75 Å². The maximum Gasteiger partial charge on any atom is 0.329 e. The number of carbonyl (C=O) groups excluding carboxylic acids is 3. The summed E-state index contributed by atoms with van der Waals surface area (Å²) in [6, 6.07) is 0.320. The van der Waals surface area contributed by atoms with Crippen molar-refractivity contribution in [1.82, 2.24) is 4.90 Å². The van der Waals surface area contributed by atoms with E-state index in [0.29, 0.717) is 12.8 Å². The monoisotopic (exact) mass is 559 g/mol. The van der Waals surface area contributed by atoms with E-state index in [1.165, 1.54) is 25.2 Å². The Morgan fingerprint density at radius 1 is 1.15 bits per heavy atom. The highest BCUT2D eigenvalue weighted by molar-refractivity contribution is 6.02. The number of methoxy groups -OCH3 is 2. The minimum atomic E-state index is -1.35. The summed E-state index contributed by atoms with van der Waals surface area (Å²) in [5.41, 5.74) is 1.31. The Hall–Kier alpha value is -3.53. The molecule has 3 rings (SSSR count). The first kappa shape index (κ1) is 31.0. The van der Waals surface area contributed by atoms with Gasteiger partial charge in [0, 0.05) is 12.0 Å². The molecule has 10 nitrogen and oxygen atoms in total. The summed E-state index contributed by atoms with van der Waals surface area (Å²) in [5, 5.41) is 22.0. The van der Waals surface area contributed by atoms with Gasteiger partial charge < -0.3 is 34.1 Å². The number of ether oxygens (including phenoxy) is 4. The van der Waals surface area contributed by atoms with Crippen LogP contribution in [-0.2, 0) is 25.6 Å². The normalized spacial score (nSPS) is 23.5. The van der Waals surface area contributed by atoms with Crippen molar-refractivity contribution in [1.29, 1.82) is 0 Å². The highest BCUT2D eigenvalue weighted by Gasteiger charge is 2.42. The van der Waals surface area contributed by atoms with Crippen molar-refractivity contribution in [2.45, 2.75) is 90.5 Å². The van der Waals surface area contributed by atoms with Gasteiger partial charge in [-0.05, 0) is 71.9 Å². The maximum absolute atomic E-state index is 13.6. The summed E-state index contributed by atoms with van der Waals surface area (Å²) in [6.07, 6.45) is 5.58. The summed E-state index contributed by atoms with van der Waals surface area (Å²) < 4.78 is 21.9. The van der Waals surface area contributed by atoms with Gasteiger partial charge >= 0.3 is 11.9 Å². The molecular weight excluding hydrogens is 518 g/mol. The Morgan fingerprint density at radius 3 is 2.50 bits per heavy atom. The van der Waals surface area contributed by atoms with Crippen molar-refractivity contribution in [3.8, 4) is 17.2 Å². The molecule has 2 N–H and O–H groups in total. The van der Waals surface area contributed by atoms with Crippen molar-refractivity contribution in [3.05, 3.63) is 40.5 Å². The third-order valence-electron chi connectivity index (χ3n) is 7.40. The van der Waals surface area contributed by atoms with Crippen LogP contribution in [0, 0.1) is 0 Å². The van der Waals surface area contributed by atoms with E-state index in [9.17, 15) is 24.6 Å². The zero-order valence-corrected chi connectivity index (χ0v) is 24.2. The number of phenolic OH excluding ortho intramolecular Hbond substituents is 1. The molecule has 2 aliphatic rings. The van der Waals surface area contributed by atoms with E-state index in [1.54, 1.807) is 13.8 Å². The second kappa shape index (κ2) is 13.2. The molecule has 1 amide bonds. The molecule has 220 valence electrons. The van der Waals surface area contributed by atoms with E-state index in [-0.39, 0.29) is 54.4 Å². The van der Waals surface area contributed by atoms with E-state index in [4.69, 9.17) is 18.9 Å². The fourth-order valence-corrected chi connectivity index (χ4v) is 4.86. The predicted molar refractivity (Wildman–Crippen MR) is 147 cm³/mol. The van der Waals surface area contributed by atoms with E-state index in [0.717, 1.165) is 24.0 Å². The topological polar surface area (TPSA) is 132 Å². The minimum Gasteiger partial charge on any atom is -0.504 e. The number of aliphatic hydroxyl groups is 1. The number of nitrogens with zero attached hydrogens (tertiary/aromatic N) is 1. The molecule has 0 aliphatic carbocycles. The number of hydrogen-bond acceptors (Lipinski definition) is 9. The molecule has 0 radical (unpaired) electrons. The second-order valence-electron chi connectivity index (χ2n) is 10.9. The zero-order chi connectivity index (χ0) is 29.6. The lowest BCUT2D eigenvalue weighted by atomic mass is 9.95. The third-order valence-corrected chi connectivity index (χ3v) is 7.40. The summed E-state index contributed by atoms with van der Waals surface area (Å²) in [7, 11) is 2.65. The molecule has 2 atom stereocenters. The lowest BCUT2D eigenvalue weighted by Gasteiger charge is -2.33. The number of allylic oxidation sites excluding steroid dienone is 3. The molecule has 10 heteroatoms. The Morgan fingerprint density at radius 2 is 1.85 bits per heavy atom. The minimum absolute atomic E-state index is 0.0614. The molecule has 0 aromatic heterocycles. The molecule has 0 saturated carbocycles. The van der Waals surface area contributed by atoms with Crippen molar-refractivity contribution in [2.75, 3.05) is 20.8 Å². The SMILES string of the molecule is COC(=O)CC[C@H]1C(=O)O[C@@H](C(C)(C)O)CC/C(C)=C\CC/C(C)=C\COc2c(OC)cc3c(c2O)CN1C3=O. The van der Waals surface area contributed by atoms with Gasteiger partial charge in [-0.15, -0.1) is 0 Å². The molecular formula is C30H41NO9. The molecule has 3 bridgehead atoms. The van der Waals surface area contributed by atoms with Crippen LogP contribution in [0.3, 0.4) is 0 Å². The van der Waals surface area contributed by atoms with Gasteiger partial charge in [0.25, 0.3) is 5.91 Å². The number of aromatic hydroxyl groups is 1. The summed E-state index contributed by atoms with van der Waals surface area (Å²) in [6.45, 7) is 7.22. The maximum atomic E-state index is 13.6. The average Bonchev–Trinajstić information content (AvgIpc) is 3.22. The molecule has 0 spiro atoms. The Balaban J connectivity index is 2.06. The van der Waals surface area contributed by atoms with E-state index < -0.39 is 35.6 Å². The highest BCUT2D eigenvalue weighted by atomic mass is 16.6. The van der Waals surface area contributed by atoms with E-state index in [1.807, 2.05) is 19.9 Å². The highest BCUT2D eigenvalue weighted by Crippen LogP contribution is 2.45. The van der Waals surface area contributed by atoms with Crippen molar-refractivity contribution in [2.24, 2.45) is 0 Å². The number of fused-ring (bicyclic) bond motifs is 2. The molecule has 2 heterocycles. The lowest BCUT2D eigenvalue weighted by Crippen LogP contribution is -2.47. The van der Waals surface area contributed by atoms with Gasteiger partial charge in [-0.1, -0.05) is 17.2 Å². The number of esters is 2. The van der Waals surface area contributed by atoms with Gasteiger partial charge in [-0.3, -0.25) is 9.59 Å². The number of benzene rings is 1. The van der Waals surface area contributed by atoms with Crippen LogP contribution in [0.2, 0.25) is 0 Å². The first-order valence-corrected chi connectivity index (χ1v) is 13.5. The Bertz CT molecular complexity index is 1180. The Labute approximate surface area is 235 Å². The van der Waals surface area contributed by atoms with Crippen LogP contribution in [0.15, 0.2) is 29.4 Å². The number of hydrogen-bond donors (Lipinski definition) is 2. The number of phenols is 1. The number of carbonyl (C=O) groups is 3. The summed E-state index contributed by atoms with van der Waals surface area (Å²) in [4.78, 5) is 40.4. The number of amides is 1. The molecule has 2 aliphatic heterocycles. The van der Waals surface area contributed by atoms with Crippen LogP contribution in [0.25, 0.3) is 0 Å². The summed E-state index contributed by atoms with van der Waals surface area (Å²) >= 11 is 0. The standard InChI is InChI=1S/C30H41NO9/c1-18-8-7-9-19(2)14-15-39-27-23(37-5)16-20-21(26(27)33)17-31(28(20)34)22(11-13-25(32)38-6)29(35)40-24(12-10-18)30(3,4)36/h8,14,16,22,24,33,36H,7,9-13,15,17H2,1-6H3/b18-8-,19-14-/t22-,24+/m0/s1. The largest absolute Gasteiger partial charge is 0.504 e. The van der Waals surface area contributed by atoms with Crippen LogP contribution < -0.4 is 9.47 Å². The van der Waals surface area contributed by atoms with E-state index in [2.05, 4.69) is 6.08 Å². The van der Waals surface area contributed by atoms with Gasteiger partial charge in [-0.25, -0.2) is 4.79 Å². The molecule has 40 heavy (non-hydrogen) atoms. The molecule has 0 fully saturated rings. The fourth-order valence-electron chi connectivity index (χ4n) is 4.86. The average molecular weight is 560 g/mol. The smallest absolute Gasteiger partial charge is 0.329 e. The first-order valence-electron chi connectivity index (χ1n) is 13.5. The van der Waals surface area contributed by atoms with Crippen molar-refractivity contribution >= 4 is 17.8 Å². The van der Waals surface area contributed by atoms with Gasteiger partial charge in [-0.2, -0.15) is 0 Å². The van der Waals surface area contributed by atoms with E-state index >= 15 is 0 Å². The Kier molecular flexibility index (Phi) is 10.2. The number of cyclic esters (lactones) is 1. The van der Waals surface area contributed by atoms with Crippen LogP contribution in [0.4, 0.5) is 0 Å². The van der Waals surface area contributed by atoms with Crippen LogP contribution >= 0.6 is 0 Å². The lowest BCUT2D eigenvalue weighted by molar-refractivity contribution is -0.168. The van der Waals surface area contributed by atoms with Crippen LogP contribution in [-0.4, -0.2) is 71.5 Å².